The third-order valence-corrected chi connectivity index (χ3v) is 0.620. The lowest BCUT2D eigenvalue weighted by atomic mass is 10.8. The van der Waals surface area contributed by atoms with Gasteiger partial charge in [0.15, 0.2) is 0 Å². The maximum atomic E-state index is 10.3. The Labute approximate surface area is 57.0 Å². The number of carbonyl (C=O) groups is 1. The highest BCUT2D eigenvalue weighted by atomic mass is 16.2. The van der Waals surface area contributed by atoms with Gasteiger partial charge in [-0.1, -0.05) is 13.8 Å². The fourth-order valence-corrected chi connectivity index (χ4v) is 0.224. The Bertz CT molecular complexity index is 71.5. The smallest absolute Gasteiger partial charge is 0.316 e. The van der Waals surface area contributed by atoms with Crippen LogP contribution in [-0.2, 0) is 0 Å². The molecule has 9 heavy (non-hydrogen) atoms. The van der Waals surface area contributed by atoms with Gasteiger partial charge in [-0.15, -0.1) is 0 Å². The van der Waals surface area contributed by atoms with E-state index in [2.05, 4.69) is 5.32 Å². The zero-order valence-corrected chi connectivity index (χ0v) is 6.86. The number of amides is 2. The van der Waals surface area contributed by atoms with Gasteiger partial charge in [0.25, 0.3) is 0 Å². The number of nitrogens with one attached hydrogen (secondary N) is 1. The summed E-state index contributed by atoms with van der Waals surface area (Å²) in [7, 11) is 4.99. The molecule has 0 fully saturated rings. The second-order valence-corrected chi connectivity index (χ2v) is 1.45. The molecule has 0 aromatic carbocycles. The molecular weight excluding hydrogens is 116 g/mol. The van der Waals surface area contributed by atoms with Crippen LogP contribution in [0.5, 0.6) is 0 Å². The van der Waals surface area contributed by atoms with Crippen molar-refractivity contribution in [3.8, 4) is 0 Å². The molecule has 0 atom stereocenters. The molecule has 0 rings (SSSR count). The lowest BCUT2D eigenvalue weighted by Crippen LogP contribution is -2.31. The first-order valence-electron chi connectivity index (χ1n) is 3.07. The quantitative estimate of drug-likeness (QED) is 0.522. The van der Waals surface area contributed by atoms with Crippen molar-refractivity contribution in [3.05, 3.63) is 0 Å². The molecule has 3 nitrogen and oxygen atoms in total. The van der Waals surface area contributed by atoms with Crippen LogP contribution in [0.2, 0.25) is 0 Å². The van der Waals surface area contributed by atoms with Gasteiger partial charge in [-0.05, 0) is 0 Å². The first-order chi connectivity index (χ1) is 4.18. The highest BCUT2D eigenvalue weighted by Crippen LogP contribution is 1.70. The second kappa shape index (κ2) is 7.27. The van der Waals surface area contributed by atoms with Crippen molar-refractivity contribution in [2.75, 3.05) is 21.1 Å². The predicted molar refractivity (Wildman–Crippen MR) is 39.5 cm³/mol. The van der Waals surface area contributed by atoms with Crippen LogP contribution in [0.1, 0.15) is 13.8 Å². The molecule has 0 aliphatic rings. The average Bonchev–Trinajstić information content (AvgIpc) is 1.91. The molecule has 0 saturated heterocycles. The molecule has 2 amide bonds. The Morgan fingerprint density at radius 2 is 1.67 bits per heavy atom. The van der Waals surface area contributed by atoms with Crippen LogP contribution in [0.25, 0.3) is 0 Å². The summed E-state index contributed by atoms with van der Waals surface area (Å²) >= 11 is 0. The molecule has 0 aromatic rings. The van der Waals surface area contributed by atoms with Gasteiger partial charge in [-0.2, -0.15) is 0 Å². The van der Waals surface area contributed by atoms with E-state index < -0.39 is 0 Å². The summed E-state index contributed by atoms with van der Waals surface area (Å²) in [6.07, 6.45) is 0. The Morgan fingerprint density at radius 3 is 1.67 bits per heavy atom. The van der Waals surface area contributed by atoms with Crippen molar-refractivity contribution in [2.24, 2.45) is 0 Å². The van der Waals surface area contributed by atoms with E-state index in [1.165, 1.54) is 4.90 Å². The fraction of sp³-hybridized carbons (Fsp3) is 0.833. The molecular formula is C6H16N2O. The molecule has 0 bridgehead atoms. The zero-order valence-electron chi connectivity index (χ0n) is 6.86. The summed E-state index contributed by atoms with van der Waals surface area (Å²) in [6.45, 7) is 4.00. The minimum Gasteiger partial charge on any atom is -0.341 e. The van der Waals surface area contributed by atoms with Gasteiger partial charge in [0.1, 0.15) is 0 Å². The Morgan fingerprint density at radius 1 is 1.33 bits per heavy atom. The van der Waals surface area contributed by atoms with Gasteiger partial charge >= 0.3 is 6.03 Å². The molecule has 56 valence electrons. The van der Waals surface area contributed by atoms with E-state index in [1.807, 2.05) is 13.8 Å². The molecule has 0 aliphatic heterocycles. The Hall–Kier alpha value is -0.730. The average molecular weight is 132 g/mol. The maximum Gasteiger partial charge on any atom is 0.316 e. The molecule has 0 saturated carbocycles. The maximum absolute atomic E-state index is 10.3. The van der Waals surface area contributed by atoms with Crippen LogP contribution in [0.15, 0.2) is 0 Å². The van der Waals surface area contributed by atoms with E-state index in [0.29, 0.717) is 0 Å². The van der Waals surface area contributed by atoms with Gasteiger partial charge in [-0.25, -0.2) is 4.79 Å². The minimum atomic E-state index is -0.0694. The van der Waals surface area contributed by atoms with Crippen LogP contribution in [0.3, 0.4) is 0 Å². The number of rotatable bonds is 0. The van der Waals surface area contributed by atoms with Crippen LogP contribution in [0, 0.1) is 0 Å². The third kappa shape index (κ3) is 7.27. The van der Waals surface area contributed by atoms with Crippen molar-refractivity contribution in [1.29, 1.82) is 0 Å². The van der Waals surface area contributed by atoms with Crippen LogP contribution >= 0.6 is 0 Å². The normalized spacial score (nSPS) is 6.78. The molecule has 3 heteroatoms. The van der Waals surface area contributed by atoms with Crippen molar-refractivity contribution >= 4 is 6.03 Å². The van der Waals surface area contributed by atoms with Gasteiger partial charge in [0, 0.05) is 21.1 Å². The molecule has 0 unspecified atom stereocenters. The number of hydrogen-bond donors (Lipinski definition) is 1. The van der Waals surface area contributed by atoms with Crippen molar-refractivity contribution in [2.45, 2.75) is 13.8 Å². The standard InChI is InChI=1S/C4H10N2O.C2H6/c1-5-4(7)6(2)3;1-2/h1-3H3,(H,5,7);1-2H3. The molecule has 0 radical (unpaired) electrons. The first kappa shape index (κ1) is 11.1. The first-order valence-corrected chi connectivity index (χ1v) is 3.07. The summed E-state index contributed by atoms with van der Waals surface area (Å²) in [4.78, 5) is 11.8. The predicted octanol–water partition coefficient (Wildman–Crippen LogP) is 0.914. The molecule has 0 aromatic heterocycles. The van der Waals surface area contributed by atoms with E-state index in [4.69, 9.17) is 0 Å². The van der Waals surface area contributed by atoms with Crippen LogP contribution in [-0.4, -0.2) is 32.1 Å². The molecule has 1 N–H and O–H groups in total. The number of hydrogen-bond acceptors (Lipinski definition) is 1. The van der Waals surface area contributed by atoms with Crippen molar-refractivity contribution in [1.82, 2.24) is 10.2 Å². The Kier molecular flexibility index (Phi) is 8.98. The van der Waals surface area contributed by atoms with Gasteiger partial charge in [0.2, 0.25) is 0 Å². The number of carbonyl (C=O) groups excluding carboxylic acids is 1. The van der Waals surface area contributed by atoms with E-state index in [9.17, 15) is 4.79 Å². The number of nitrogens with zero attached hydrogens (tertiary/aromatic N) is 1. The van der Waals surface area contributed by atoms with E-state index >= 15 is 0 Å². The fourth-order valence-electron chi connectivity index (χ4n) is 0.224. The summed E-state index contributed by atoms with van der Waals surface area (Å²) in [5, 5.41) is 2.45. The summed E-state index contributed by atoms with van der Waals surface area (Å²) in [5.41, 5.74) is 0. The summed E-state index contributed by atoms with van der Waals surface area (Å²) in [6, 6.07) is -0.0694. The largest absolute Gasteiger partial charge is 0.341 e. The van der Waals surface area contributed by atoms with E-state index in [0.717, 1.165) is 0 Å². The van der Waals surface area contributed by atoms with Crippen molar-refractivity contribution < 1.29 is 4.79 Å². The second-order valence-electron chi connectivity index (χ2n) is 1.45. The lowest BCUT2D eigenvalue weighted by molar-refractivity contribution is 0.219. The van der Waals surface area contributed by atoms with E-state index in [1.54, 1.807) is 21.1 Å². The highest BCUT2D eigenvalue weighted by Gasteiger charge is 1.94. The monoisotopic (exact) mass is 132 g/mol. The Balaban J connectivity index is 0. The van der Waals surface area contributed by atoms with Crippen LogP contribution < -0.4 is 5.32 Å². The SMILES string of the molecule is CC.CNC(=O)N(C)C. The lowest BCUT2D eigenvalue weighted by Gasteiger charge is -2.06. The number of urea groups is 1. The molecule has 0 spiro atoms. The highest BCUT2D eigenvalue weighted by molar-refractivity contribution is 5.72. The van der Waals surface area contributed by atoms with Gasteiger partial charge in [0.05, 0.1) is 0 Å². The van der Waals surface area contributed by atoms with Crippen LogP contribution in [0.4, 0.5) is 4.79 Å². The summed E-state index contributed by atoms with van der Waals surface area (Å²) < 4.78 is 0. The molecule has 0 aliphatic carbocycles. The zero-order chi connectivity index (χ0) is 7.86. The molecule has 0 heterocycles. The van der Waals surface area contributed by atoms with Gasteiger partial charge < -0.3 is 10.2 Å². The summed E-state index contributed by atoms with van der Waals surface area (Å²) in [5.74, 6) is 0. The topological polar surface area (TPSA) is 32.3 Å². The van der Waals surface area contributed by atoms with E-state index in [-0.39, 0.29) is 6.03 Å². The third-order valence-electron chi connectivity index (χ3n) is 0.620. The minimum absolute atomic E-state index is 0.0694. The van der Waals surface area contributed by atoms with Gasteiger partial charge in [-0.3, -0.25) is 0 Å². The van der Waals surface area contributed by atoms with Crippen molar-refractivity contribution in [3.63, 3.8) is 0 Å².